The van der Waals surface area contributed by atoms with Crippen LogP contribution in [0.5, 0.6) is 5.75 Å². The summed E-state index contributed by atoms with van der Waals surface area (Å²) in [5.41, 5.74) is 0.771. The molecule has 0 bridgehead atoms. The Morgan fingerprint density at radius 1 is 1.44 bits per heavy atom. The Hall–Kier alpha value is -1.07. The molecule has 1 saturated heterocycles. The number of aliphatic hydroxyl groups is 1. The molecular formula is C13H18O4S. The Bertz CT molecular complexity index is 550. The minimum absolute atomic E-state index is 0.0671. The average molecular weight is 270 g/mol. The summed E-state index contributed by atoms with van der Waals surface area (Å²) in [6.07, 6.45) is 0.615. The molecule has 1 N–H and O–H groups in total. The molecule has 0 aliphatic carbocycles. The standard InChI is InChI=1S/C13H18O4S/c1-10-3-4-12(17-2)11(7-10)8-13(14)5-6-18(15,16)9-13/h3-4,7,14H,5-6,8-9H2,1-2H3. The molecule has 1 aromatic rings. The predicted molar refractivity (Wildman–Crippen MR) is 69.7 cm³/mol. The smallest absolute Gasteiger partial charge is 0.153 e. The monoisotopic (exact) mass is 270 g/mol. The molecule has 1 unspecified atom stereocenters. The van der Waals surface area contributed by atoms with Crippen molar-refractivity contribution in [2.24, 2.45) is 0 Å². The molecule has 1 aliphatic heterocycles. The first-order chi connectivity index (χ1) is 8.34. The molecule has 1 heterocycles. The summed E-state index contributed by atoms with van der Waals surface area (Å²) in [7, 11) is -1.52. The number of sulfone groups is 1. The van der Waals surface area contributed by atoms with Crippen molar-refractivity contribution in [3.05, 3.63) is 29.3 Å². The largest absolute Gasteiger partial charge is 0.496 e. The zero-order valence-electron chi connectivity index (χ0n) is 10.6. The van der Waals surface area contributed by atoms with Crippen LogP contribution in [0.2, 0.25) is 0 Å². The average Bonchev–Trinajstić information content (AvgIpc) is 2.53. The molecule has 2 rings (SSSR count). The summed E-state index contributed by atoms with van der Waals surface area (Å²) in [5.74, 6) is 0.604. The summed E-state index contributed by atoms with van der Waals surface area (Å²) < 4.78 is 28.2. The number of aryl methyl sites for hydroxylation is 1. The molecule has 5 heteroatoms. The molecule has 0 amide bonds. The molecule has 0 saturated carbocycles. The van der Waals surface area contributed by atoms with Gasteiger partial charge in [-0.25, -0.2) is 8.42 Å². The number of benzene rings is 1. The minimum Gasteiger partial charge on any atom is -0.496 e. The number of rotatable bonds is 3. The molecule has 4 nitrogen and oxygen atoms in total. The molecule has 1 atom stereocenters. The normalized spacial score (nSPS) is 26.2. The second-order valence-corrected chi connectivity index (χ2v) is 7.24. The van der Waals surface area contributed by atoms with Gasteiger partial charge in [0, 0.05) is 6.42 Å². The van der Waals surface area contributed by atoms with Crippen molar-refractivity contribution in [2.75, 3.05) is 18.6 Å². The number of hydrogen-bond donors (Lipinski definition) is 1. The van der Waals surface area contributed by atoms with E-state index in [-0.39, 0.29) is 11.5 Å². The third-order valence-corrected chi connectivity index (χ3v) is 5.13. The molecule has 18 heavy (non-hydrogen) atoms. The Balaban J connectivity index is 2.27. The van der Waals surface area contributed by atoms with Gasteiger partial charge in [0.15, 0.2) is 9.84 Å². The molecule has 100 valence electrons. The van der Waals surface area contributed by atoms with Gasteiger partial charge in [-0.15, -0.1) is 0 Å². The summed E-state index contributed by atoms with van der Waals surface area (Å²) in [4.78, 5) is 0. The summed E-state index contributed by atoms with van der Waals surface area (Å²) in [5, 5.41) is 10.4. The van der Waals surface area contributed by atoms with Gasteiger partial charge in [-0.05, 0) is 25.0 Å². The number of hydrogen-bond acceptors (Lipinski definition) is 4. The third kappa shape index (κ3) is 2.84. The van der Waals surface area contributed by atoms with E-state index in [0.717, 1.165) is 11.1 Å². The molecule has 0 radical (unpaired) electrons. The highest BCUT2D eigenvalue weighted by atomic mass is 32.2. The zero-order chi connectivity index (χ0) is 13.4. The van der Waals surface area contributed by atoms with Gasteiger partial charge in [0.05, 0.1) is 24.2 Å². The maximum atomic E-state index is 11.5. The van der Waals surface area contributed by atoms with E-state index in [2.05, 4.69) is 0 Å². The Labute approximate surface area is 108 Å². The van der Waals surface area contributed by atoms with E-state index in [4.69, 9.17) is 4.74 Å². The topological polar surface area (TPSA) is 63.6 Å². The fourth-order valence-corrected chi connectivity index (χ4v) is 4.34. The molecule has 1 fully saturated rings. The van der Waals surface area contributed by atoms with E-state index >= 15 is 0 Å². The van der Waals surface area contributed by atoms with Crippen LogP contribution in [-0.4, -0.2) is 37.7 Å². The maximum absolute atomic E-state index is 11.5. The van der Waals surface area contributed by atoms with Crippen LogP contribution in [0.25, 0.3) is 0 Å². The SMILES string of the molecule is COc1ccc(C)cc1CC1(O)CCS(=O)(=O)C1. The van der Waals surface area contributed by atoms with Gasteiger partial charge < -0.3 is 9.84 Å². The Kier molecular flexibility index (Phi) is 3.38. The van der Waals surface area contributed by atoms with Gasteiger partial charge in [0.1, 0.15) is 5.75 Å². The highest BCUT2D eigenvalue weighted by Crippen LogP contribution is 2.31. The van der Waals surface area contributed by atoms with Gasteiger partial charge >= 0.3 is 0 Å². The van der Waals surface area contributed by atoms with Gasteiger partial charge in [-0.2, -0.15) is 0 Å². The van der Waals surface area contributed by atoms with Crippen molar-refractivity contribution in [2.45, 2.75) is 25.4 Å². The minimum atomic E-state index is -3.09. The highest BCUT2D eigenvalue weighted by Gasteiger charge is 2.41. The van der Waals surface area contributed by atoms with E-state index in [1.807, 2.05) is 25.1 Å². The third-order valence-electron chi connectivity index (χ3n) is 3.32. The van der Waals surface area contributed by atoms with Crippen LogP contribution < -0.4 is 4.74 Å². The Morgan fingerprint density at radius 2 is 2.17 bits per heavy atom. The van der Waals surface area contributed by atoms with E-state index < -0.39 is 15.4 Å². The number of methoxy groups -OCH3 is 1. The number of ether oxygens (including phenoxy) is 1. The lowest BCUT2D eigenvalue weighted by Gasteiger charge is -2.22. The Morgan fingerprint density at radius 3 is 2.72 bits per heavy atom. The molecule has 0 spiro atoms. The summed E-state index contributed by atoms with van der Waals surface area (Å²) in [6, 6.07) is 5.71. The van der Waals surface area contributed by atoms with Crippen LogP contribution in [0, 0.1) is 6.92 Å². The van der Waals surface area contributed by atoms with Crippen molar-refractivity contribution < 1.29 is 18.3 Å². The first-order valence-corrected chi connectivity index (χ1v) is 7.72. The summed E-state index contributed by atoms with van der Waals surface area (Å²) >= 11 is 0. The van der Waals surface area contributed by atoms with Crippen molar-refractivity contribution in [3.8, 4) is 5.75 Å². The first kappa shape index (κ1) is 13.4. The van der Waals surface area contributed by atoms with Crippen LogP contribution in [0.1, 0.15) is 17.5 Å². The van der Waals surface area contributed by atoms with Crippen molar-refractivity contribution in [1.82, 2.24) is 0 Å². The van der Waals surface area contributed by atoms with Crippen molar-refractivity contribution in [3.63, 3.8) is 0 Å². The van der Waals surface area contributed by atoms with E-state index in [1.165, 1.54) is 0 Å². The van der Waals surface area contributed by atoms with Crippen molar-refractivity contribution in [1.29, 1.82) is 0 Å². The molecule has 0 aromatic heterocycles. The van der Waals surface area contributed by atoms with Crippen LogP contribution >= 0.6 is 0 Å². The van der Waals surface area contributed by atoms with Crippen molar-refractivity contribution >= 4 is 9.84 Å². The second kappa shape index (κ2) is 4.55. The highest BCUT2D eigenvalue weighted by molar-refractivity contribution is 7.91. The van der Waals surface area contributed by atoms with Gasteiger partial charge in [-0.3, -0.25) is 0 Å². The summed E-state index contributed by atoms with van der Waals surface area (Å²) in [6.45, 7) is 1.96. The lowest BCUT2D eigenvalue weighted by atomic mass is 9.93. The van der Waals surface area contributed by atoms with Crippen LogP contribution in [0.4, 0.5) is 0 Å². The lowest BCUT2D eigenvalue weighted by molar-refractivity contribution is 0.0675. The van der Waals surface area contributed by atoms with Gasteiger partial charge in [-0.1, -0.05) is 17.7 Å². The lowest BCUT2D eigenvalue weighted by Crippen LogP contribution is -2.32. The molecular weight excluding hydrogens is 252 g/mol. The van der Waals surface area contributed by atoms with Crippen LogP contribution in [-0.2, 0) is 16.3 Å². The first-order valence-electron chi connectivity index (χ1n) is 5.90. The quantitative estimate of drug-likeness (QED) is 0.893. The van der Waals surface area contributed by atoms with E-state index in [0.29, 0.717) is 18.6 Å². The maximum Gasteiger partial charge on any atom is 0.153 e. The van der Waals surface area contributed by atoms with E-state index in [9.17, 15) is 13.5 Å². The molecule has 1 aliphatic rings. The van der Waals surface area contributed by atoms with Crippen LogP contribution in [0.3, 0.4) is 0 Å². The zero-order valence-corrected chi connectivity index (χ0v) is 11.5. The fourth-order valence-electron chi connectivity index (χ4n) is 2.44. The molecule has 1 aromatic carbocycles. The van der Waals surface area contributed by atoms with Crippen LogP contribution in [0.15, 0.2) is 18.2 Å². The van der Waals surface area contributed by atoms with Gasteiger partial charge in [0.25, 0.3) is 0 Å². The predicted octanol–water partition coefficient (Wildman–Crippen LogP) is 1.10. The van der Waals surface area contributed by atoms with E-state index in [1.54, 1.807) is 7.11 Å². The second-order valence-electron chi connectivity index (χ2n) is 5.06. The fraction of sp³-hybridized carbons (Fsp3) is 0.538. The van der Waals surface area contributed by atoms with Gasteiger partial charge in [0.2, 0.25) is 0 Å².